The van der Waals surface area contributed by atoms with Crippen molar-refractivity contribution in [3.8, 4) is 22.3 Å². The second-order valence-electron chi connectivity index (χ2n) is 11.7. The number of rotatable bonds is 13. The van der Waals surface area contributed by atoms with Crippen molar-refractivity contribution < 1.29 is 17.6 Å². The van der Waals surface area contributed by atoms with Crippen LogP contribution in [-0.4, -0.2) is 0 Å². The first kappa shape index (κ1) is 30.3. The summed E-state index contributed by atoms with van der Waals surface area (Å²) in [7, 11) is 0. The molecule has 40 heavy (non-hydrogen) atoms. The average molecular weight is 553 g/mol. The molecule has 0 amide bonds. The molecule has 0 unspecified atom stereocenters. The Labute approximate surface area is 238 Å². The largest absolute Gasteiger partial charge is 0.203 e. The minimum Gasteiger partial charge on any atom is -0.203 e. The highest BCUT2D eigenvalue weighted by atomic mass is 19.2. The molecule has 1 saturated carbocycles. The Morgan fingerprint density at radius 3 is 1.73 bits per heavy atom. The van der Waals surface area contributed by atoms with Gasteiger partial charge in [0.2, 0.25) is 0 Å². The van der Waals surface area contributed by atoms with Crippen LogP contribution in [0.1, 0.15) is 114 Å². The Balaban J connectivity index is 1.41. The molecule has 0 N–H and O–H groups in total. The van der Waals surface area contributed by atoms with E-state index in [4.69, 9.17) is 0 Å². The number of benzene rings is 3. The molecule has 0 heterocycles. The molecule has 0 radical (unpaired) electrons. The summed E-state index contributed by atoms with van der Waals surface area (Å²) in [6.07, 6.45) is 15.0. The summed E-state index contributed by atoms with van der Waals surface area (Å²) in [6.45, 7) is 4.30. The third-order valence-electron chi connectivity index (χ3n) is 8.83. The van der Waals surface area contributed by atoms with Crippen LogP contribution in [0.5, 0.6) is 0 Å². The molecular weight excluding hydrogens is 508 g/mol. The zero-order valence-electron chi connectivity index (χ0n) is 24.2. The van der Waals surface area contributed by atoms with Crippen molar-refractivity contribution in [2.75, 3.05) is 0 Å². The van der Waals surface area contributed by atoms with Crippen molar-refractivity contribution in [3.05, 3.63) is 82.9 Å². The van der Waals surface area contributed by atoms with E-state index in [1.165, 1.54) is 38.5 Å². The van der Waals surface area contributed by atoms with Gasteiger partial charge in [0.25, 0.3) is 0 Å². The third kappa shape index (κ3) is 7.36. The van der Waals surface area contributed by atoms with Gasteiger partial charge in [-0.25, -0.2) is 17.6 Å². The number of hydrogen-bond acceptors (Lipinski definition) is 0. The summed E-state index contributed by atoms with van der Waals surface area (Å²) in [5.74, 6) is -2.49. The van der Waals surface area contributed by atoms with Crippen LogP contribution in [-0.2, 0) is 6.42 Å². The molecule has 0 saturated heterocycles. The second kappa shape index (κ2) is 14.8. The number of halogens is 4. The van der Waals surface area contributed by atoms with Gasteiger partial charge < -0.3 is 0 Å². The van der Waals surface area contributed by atoms with E-state index in [1.54, 1.807) is 48.5 Å². The van der Waals surface area contributed by atoms with Gasteiger partial charge in [-0.1, -0.05) is 114 Å². The maximum Gasteiger partial charge on any atom is 0.166 e. The maximum absolute atomic E-state index is 15.3. The fraction of sp³-hybridized carbons (Fsp3) is 0.500. The van der Waals surface area contributed by atoms with Crippen LogP contribution >= 0.6 is 0 Å². The fourth-order valence-corrected chi connectivity index (χ4v) is 6.30. The van der Waals surface area contributed by atoms with Crippen molar-refractivity contribution in [2.45, 2.75) is 110 Å². The van der Waals surface area contributed by atoms with E-state index in [0.717, 1.165) is 44.9 Å². The highest BCUT2D eigenvalue weighted by Crippen LogP contribution is 2.40. The lowest BCUT2D eigenvalue weighted by molar-refractivity contribution is 0.297. The van der Waals surface area contributed by atoms with E-state index in [1.807, 2.05) is 0 Å². The first-order valence-corrected chi connectivity index (χ1v) is 15.5. The lowest BCUT2D eigenvalue weighted by Crippen LogP contribution is -2.15. The minimum absolute atomic E-state index is 0.0603. The van der Waals surface area contributed by atoms with E-state index >= 15 is 8.78 Å². The van der Waals surface area contributed by atoms with E-state index in [2.05, 4.69) is 13.8 Å². The molecule has 4 rings (SSSR count). The molecule has 3 aromatic carbocycles. The molecule has 0 atom stereocenters. The normalized spacial score (nSPS) is 17.4. The summed E-state index contributed by atoms with van der Waals surface area (Å²) >= 11 is 0. The Morgan fingerprint density at radius 1 is 0.550 bits per heavy atom. The SMILES string of the molecule is CCCCCCCC1CCC(c2ccc(-c3ccc(-c4ccc(CCCCC)c(F)c4F)cc3)c(F)c2F)CC1. The predicted octanol–water partition coefficient (Wildman–Crippen LogP) is 11.9. The zero-order valence-corrected chi connectivity index (χ0v) is 24.2. The Morgan fingerprint density at radius 2 is 1.10 bits per heavy atom. The van der Waals surface area contributed by atoms with Crippen molar-refractivity contribution in [2.24, 2.45) is 5.92 Å². The van der Waals surface area contributed by atoms with Gasteiger partial charge in [-0.2, -0.15) is 0 Å². The van der Waals surface area contributed by atoms with Gasteiger partial charge >= 0.3 is 0 Å². The van der Waals surface area contributed by atoms with Gasteiger partial charge in [0, 0.05) is 11.1 Å². The molecule has 1 aliphatic rings. The van der Waals surface area contributed by atoms with E-state index in [0.29, 0.717) is 34.6 Å². The van der Waals surface area contributed by atoms with Gasteiger partial charge in [-0.3, -0.25) is 0 Å². The van der Waals surface area contributed by atoms with Crippen LogP contribution in [0, 0.1) is 29.2 Å². The van der Waals surface area contributed by atoms with Crippen molar-refractivity contribution in [1.29, 1.82) is 0 Å². The minimum atomic E-state index is -0.866. The number of hydrogen-bond donors (Lipinski definition) is 0. The van der Waals surface area contributed by atoms with Gasteiger partial charge in [-0.15, -0.1) is 0 Å². The maximum atomic E-state index is 15.3. The molecule has 0 aromatic heterocycles. The van der Waals surface area contributed by atoms with Gasteiger partial charge in [-0.05, 0) is 72.6 Å². The summed E-state index contributed by atoms with van der Waals surface area (Å²) in [4.78, 5) is 0. The van der Waals surface area contributed by atoms with Gasteiger partial charge in [0.05, 0.1) is 0 Å². The first-order valence-electron chi connectivity index (χ1n) is 15.5. The Hall–Kier alpha value is -2.62. The van der Waals surface area contributed by atoms with E-state index < -0.39 is 23.3 Å². The zero-order chi connectivity index (χ0) is 28.5. The van der Waals surface area contributed by atoms with Crippen molar-refractivity contribution in [1.82, 2.24) is 0 Å². The van der Waals surface area contributed by atoms with Crippen LogP contribution in [0.25, 0.3) is 22.3 Å². The molecule has 216 valence electrons. The number of aryl methyl sites for hydroxylation is 1. The Kier molecular flexibility index (Phi) is 11.3. The van der Waals surface area contributed by atoms with Crippen LogP contribution in [0.15, 0.2) is 48.5 Å². The molecule has 1 aliphatic carbocycles. The number of unbranched alkanes of at least 4 members (excludes halogenated alkanes) is 6. The first-order chi connectivity index (χ1) is 19.4. The van der Waals surface area contributed by atoms with Gasteiger partial charge in [0.15, 0.2) is 23.3 Å². The lowest BCUT2D eigenvalue weighted by atomic mass is 9.76. The highest BCUT2D eigenvalue weighted by Gasteiger charge is 2.26. The smallest absolute Gasteiger partial charge is 0.166 e. The third-order valence-corrected chi connectivity index (χ3v) is 8.83. The van der Waals surface area contributed by atoms with Gasteiger partial charge in [0.1, 0.15) is 0 Å². The molecule has 3 aromatic rings. The van der Waals surface area contributed by atoms with Crippen LogP contribution in [0.2, 0.25) is 0 Å². The molecule has 1 fully saturated rings. The molecule has 0 nitrogen and oxygen atoms in total. The monoisotopic (exact) mass is 552 g/mol. The summed E-state index contributed by atoms with van der Waals surface area (Å²) in [5.41, 5.74) is 2.24. The van der Waals surface area contributed by atoms with Crippen molar-refractivity contribution in [3.63, 3.8) is 0 Å². The second-order valence-corrected chi connectivity index (χ2v) is 11.7. The molecule has 0 aliphatic heterocycles. The van der Waals surface area contributed by atoms with E-state index in [9.17, 15) is 8.78 Å². The highest BCUT2D eigenvalue weighted by molar-refractivity contribution is 5.71. The molecular formula is C36H44F4. The molecule has 4 heteroatoms. The topological polar surface area (TPSA) is 0 Å². The lowest BCUT2D eigenvalue weighted by Gasteiger charge is -2.29. The fourth-order valence-electron chi connectivity index (χ4n) is 6.30. The van der Waals surface area contributed by atoms with Crippen LogP contribution in [0.3, 0.4) is 0 Å². The summed E-state index contributed by atoms with van der Waals surface area (Å²) in [5, 5.41) is 0. The quantitative estimate of drug-likeness (QED) is 0.146. The van der Waals surface area contributed by atoms with E-state index in [-0.39, 0.29) is 17.0 Å². The Bertz CT molecular complexity index is 1220. The predicted molar refractivity (Wildman–Crippen MR) is 158 cm³/mol. The summed E-state index contributed by atoms with van der Waals surface area (Å²) < 4.78 is 60.1. The van der Waals surface area contributed by atoms with Crippen LogP contribution < -0.4 is 0 Å². The van der Waals surface area contributed by atoms with Crippen molar-refractivity contribution >= 4 is 0 Å². The average Bonchev–Trinajstić information content (AvgIpc) is 2.97. The molecule has 0 bridgehead atoms. The summed E-state index contributed by atoms with van der Waals surface area (Å²) in [6, 6.07) is 13.2. The van der Waals surface area contributed by atoms with Crippen LogP contribution in [0.4, 0.5) is 17.6 Å². The standard InChI is InChI=1S/C36H44F4/c1-3-5-7-8-10-11-25-13-15-26(16-14-25)31-23-24-32(36(40)35(31)39)28-19-17-27(18-20-28)30-22-21-29(12-9-6-4-2)33(37)34(30)38/h17-26H,3-16H2,1-2H3. The molecule has 0 spiro atoms.